The Kier molecular flexibility index (Phi) is 4.44. The van der Waals surface area contributed by atoms with Gasteiger partial charge in [-0.3, -0.25) is 14.3 Å². The zero-order chi connectivity index (χ0) is 20.5. The molecule has 0 unspecified atom stereocenters. The summed E-state index contributed by atoms with van der Waals surface area (Å²) in [6.07, 6.45) is 1.45. The van der Waals surface area contributed by atoms with Crippen LogP contribution < -0.4 is 0 Å². The van der Waals surface area contributed by atoms with E-state index in [4.69, 9.17) is 4.74 Å². The molecule has 5 rings (SSSR count). The van der Waals surface area contributed by atoms with Crippen LogP contribution in [0.2, 0.25) is 0 Å². The molecule has 146 valence electrons. The number of carbonyl (C=O) groups is 2. The SMILES string of the molecule is O=C(OCCC(=O)n1c2ccccc2c2ccccc21)c1cnc2ccccc2n1. The van der Waals surface area contributed by atoms with Crippen LogP contribution in [-0.2, 0) is 4.74 Å². The number of aromatic nitrogens is 3. The number of para-hydroxylation sites is 4. The van der Waals surface area contributed by atoms with Crippen LogP contribution in [0, 0.1) is 0 Å². The molecule has 3 aromatic carbocycles. The average Bonchev–Trinajstić information content (AvgIpc) is 3.13. The van der Waals surface area contributed by atoms with Crippen molar-refractivity contribution >= 4 is 44.7 Å². The van der Waals surface area contributed by atoms with Crippen LogP contribution in [-0.4, -0.2) is 33.0 Å². The van der Waals surface area contributed by atoms with Gasteiger partial charge in [-0.15, -0.1) is 0 Å². The summed E-state index contributed by atoms with van der Waals surface area (Å²) in [7, 11) is 0. The van der Waals surface area contributed by atoms with E-state index in [1.54, 1.807) is 10.6 Å². The van der Waals surface area contributed by atoms with Gasteiger partial charge in [-0.05, 0) is 24.3 Å². The van der Waals surface area contributed by atoms with E-state index in [0.717, 1.165) is 21.8 Å². The number of benzene rings is 3. The van der Waals surface area contributed by atoms with Crippen LogP contribution in [0.25, 0.3) is 32.8 Å². The van der Waals surface area contributed by atoms with Crippen LogP contribution in [0.3, 0.4) is 0 Å². The minimum Gasteiger partial charge on any atom is -0.460 e. The summed E-state index contributed by atoms with van der Waals surface area (Å²) in [5.41, 5.74) is 3.13. The van der Waals surface area contributed by atoms with Gasteiger partial charge in [0.1, 0.15) is 6.61 Å². The molecule has 0 N–H and O–H groups in total. The fourth-order valence-corrected chi connectivity index (χ4v) is 3.66. The third-order valence-electron chi connectivity index (χ3n) is 5.04. The maximum absolute atomic E-state index is 13.0. The Hall–Kier alpha value is -4.06. The second-order valence-electron chi connectivity index (χ2n) is 6.89. The van der Waals surface area contributed by atoms with Crippen LogP contribution in [0.5, 0.6) is 0 Å². The lowest BCUT2D eigenvalue weighted by atomic mass is 10.2. The van der Waals surface area contributed by atoms with Crippen molar-refractivity contribution in [3.05, 3.63) is 84.7 Å². The van der Waals surface area contributed by atoms with Crippen molar-refractivity contribution in [2.24, 2.45) is 0 Å². The summed E-state index contributed by atoms with van der Waals surface area (Å²) < 4.78 is 6.98. The van der Waals surface area contributed by atoms with E-state index < -0.39 is 5.97 Å². The first-order valence-corrected chi connectivity index (χ1v) is 9.63. The second kappa shape index (κ2) is 7.40. The van der Waals surface area contributed by atoms with E-state index in [-0.39, 0.29) is 24.6 Å². The Bertz CT molecular complexity index is 1370. The van der Waals surface area contributed by atoms with Crippen LogP contribution in [0.4, 0.5) is 0 Å². The molecule has 30 heavy (non-hydrogen) atoms. The molecule has 0 aliphatic rings. The van der Waals surface area contributed by atoms with Crippen molar-refractivity contribution in [1.29, 1.82) is 0 Å². The number of hydrogen-bond donors (Lipinski definition) is 0. The lowest BCUT2D eigenvalue weighted by Gasteiger charge is -2.07. The minimum absolute atomic E-state index is 0.0347. The molecule has 5 aromatic rings. The summed E-state index contributed by atoms with van der Waals surface area (Å²) in [6.45, 7) is -0.0347. The van der Waals surface area contributed by atoms with Gasteiger partial charge in [0.25, 0.3) is 0 Å². The highest BCUT2D eigenvalue weighted by molar-refractivity contribution is 6.13. The van der Waals surface area contributed by atoms with E-state index in [2.05, 4.69) is 9.97 Å². The van der Waals surface area contributed by atoms with E-state index in [9.17, 15) is 9.59 Å². The summed E-state index contributed by atoms with van der Waals surface area (Å²) in [6, 6.07) is 22.9. The van der Waals surface area contributed by atoms with Gasteiger partial charge >= 0.3 is 5.97 Å². The molecular weight excluding hydrogens is 378 g/mol. The lowest BCUT2D eigenvalue weighted by molar-refractivity contribution is 0.0484. The Morgan fingerprint density at radius 2 is 1.40 bits per heavy atom. The third-order valence-corrected chi connectivity index (χ3v) is 5.04. The summed E-state index contributed by atoms with van der Waals surface area (Å²) >= 11 is 0. The summed E-state index contributed by atoms with van der Waals surface area (Å²) in [5.74, 6) is -0.729. The molecular formula is C24H17N3O3. The lowest BCUT2D eigenvalue weighted by Crippen LogP contribution is -2.16. The molecule has 0 amide bonds. The number of nitrogens with zero attached hydrogens (tertiary/aromatic N) is 3. The molecule has 0 saturated heterocycles. The highest BCUT2D eigenvalue weighted by Gasteiger charge is 2.17. The second-order valence-corrected chi connectivity index (χ2v) is 6.89. The number of esters is 1. The maximum atomic E-state index is 13.0. The molecule has 0 radical (unpaired) electrons. The van der Waals surface area contributed by atoms with Crippen molar-refractivity contribution in [3.63, 3.8) is 0 Å². The molecule has 6 nitrogen and oxygen atoms in total. The van der Waals surface area contributed by atoms with Gasteiger partial charge in [0, 0.05) is 10.8 Å². The normalized spacial score (nSPS) is 11.2. The van der Waals surface area contributed by atoms with Crippen LogP contribution >= 0.6 is 0 Å². The van der Waals surface area contributed by atoms with Crippen molar-refractivity contribution in [3.8, 4) is 0 Å². The molecule has 0 atom stereocenters. The number of carbonyl (C=O) groups excluding carboxylic acids is 2. The zero-order valence-electron chi connectivity index (χ0n) is 16.0. The molecule has 0 saturated carbocycles. The Morgan fingerprint density at radius 3 is 2.10 bits per heavy atom. The molecule has 2 aromatic heterocycles. The largest absolute Gasteiger partial charge is 0.460 e. The average molecular weight is 395 g/mol. The van der Waals surface area contributed by atoms with E-state index in [1.165, 1.54) is 6.20 Å². The molecule has 0 aliphatic carbocycles. The Labute approximate surface area is 171 Å². The summed E-state index contributed by atoms with van der Waals surface area (Å²) in [5, 5.41) is 2.04. The number of fused-ring (bicyclic) bond motifs is 4. The topological polar surface area (TPSA) is 74.1 Å². The Balaban J connectivity index is 1.34. The van der Waals surface area contributed by atoms with Crippen LogP contribution in [0.15, 0.2) is 79.0 Å². The smallest absolute Gasteiger partial charge is 0.358 e. The molecule has 0 spiro atoms. The van der Waals surface area contributed by atoms with E-state index in [1.807, 2.05) is 66.7 Å². The first-order valence-electron chi connectivity index (χ1n) is 9.63. The highest BCUT2D eigenvalue weighted by atomic mass is 16.5. The number of hydrogen-bond acceptors (Lipinski definition) is 5. The third kappa shape index (κ3) is 3.08. The minimum atomic E-state index is -0.594. The molecule has 0 aliphatic heterocycles. The van der Waals surface area contributed by atoms with Crippen LogP contribution in [0.1, 0.15) is 21.7 Å². The standard InChI is InChI=1S/C24H17N3O3/c28-23(27-21-11-5-1-7-16(21)17-8-2-6-12-22(17)27)13-14-30-24(29)20-15-25-18-9-3-4-10-19(18)26-20/h1-12,15H,13-14H2. The Morgan fingerprint density at radius 1 is 0.800 bits per heavy atom. The molecule has 0 bridgehead atoms. The predicted molar refractivity (Wildman–Crippen MR) is 115 cm³/mol. The van der Waals surface area contributed by atoms with Crippen molar-refractivity contribution in [2.45, 2.75) is 6.42 Å². The first kappa shape index (κ1) is 18.0. The molecule has 2 heterocycles. The monoisotopic (exact) mass is 395 g/mol. The first-order chi connectivity index (χ1) is 14.7. The van der Waals surface area contributed by atoms with Crippen molar-refractivity contribution < 1.29 is 14.3 Å². The predicted octanol–water partition coefficient (Wildman–Crippen LogP) is 4.63. The number of ether oxygens (including phenoxy) is 1. The van der Waals surface area contributed by atoms with Gasteiger partial charge in [0.2, 0.25) is 5.91 Å². The fourth-order valence-electron chi connectivity index (χ4n) is 3.66. The number of rotatable bonds is 4. The van der Waals surface area contributed by atoms with Gasteiger partial charge in [0.05, 0.1) is 34.7 Å². The van der Waals surface area contributed by atoms with Gasteiger partial charge in [-0.1, -0.05) is 48.5 Å². The van der Waals surface area contributed by atoms with Gasteiger partial charge < -0.3 is 4.74 Å². The zero-order valence-corrected chi connectivity index (χ0v) is 16.0. The van der Waals surface area contributed by atoms with E-state index >= 15 is 0 Å². The van der Waals surface area contributed by atoms with Gasteiger partial charge in [-0.25, -0.2) is 9.78 Å². The fraction of sp³-hybridized carbons (Fsp3) is 0.0833. The van der Waals surface area contributed by atoms with Gasteiger partial charge in [-0.2, -0.15) is 0 Å². The summed E-state index contributed by atoms with van der Waals surface area (Å²) in [4.78, 5) is 33.8. The van der Waals surface area contributed by atoms with Crippen molar-refractivity contribution in [1.82, 2.24) is 14.5 Å². The quantitative estimate of drug-likeness (QED) is 0.415. The molecule has 0 fully saturated rings. The van der Waals surface area contributed by atoms with Crippen molar-refractivity contribution in [2.75, 3.05) is 6.61 Å². The highest BCUT2D eigenvalue weighted by Crippen LogP contribution is 2.28. The maximum Gasteiger partial charge on any atom is 0.358 e. The van der Waals surface area contributed by atoms with Gasteiger partial charge in [0.15, 0.2) is 5.69 Å². The van der Waals surface area contributed by atoms with E-state index in [0.29, 0.717) is 11.0 Å². The molecule has 6 heteroatoms.